The summed E-state index contributed by atoms with van der Waals surface area (Å²) in [6.45, 7) is 1.90. The normalized spacial score (nSPS) is 10.0. The van der Waals surface area contributed by atoms with Crippen LogP contribution in [0, 0.1) is 6.92 Å². The highest BCUT2D eigenvalue weighted by Crippen LogP contribution is 2.24. The molecule has 19 heavy (non-hydrogen) atoms. The molecule has 0 fully saturated rings. The van der Waals surface area contributed by atoms with E-state index in [0.717, 1.165) is 5.56 Å². The van der Waals surface area contributed by atoms with Crippen LogP contribution in [0.5, 0.6) is 5.75 Å². The standard InChI is InChI=1S/C13H13N3O3/c1-8-6-14-13(15-7-8)16-9-3-4-10(12(17)18)11(5-9)19-2/h3-7H,1-2H3,(H,17,18)(H,14,15,16). The van der Waals surface area contributed by atoms with Crippen molar-refractivity contribution in [2.24, 2.45) is 0 Å². The van der Waals surface area contributed by atoms with Crippen LogP contribution in [0.2, 0.25) is 0 Å². The number of benzene rings is 1. The van der Waals surface area contributed by atoms with Gasteiger partial charge in [-0.25, -0.2) is 14.8 Å². The zero-order valence-electron chi connectivity index (χ0n) is 10.5. The molecule has 0 bridgehead atoms. The minimum absolute atomic E-state index is 0.109. The Morgan fingerprint density at radius 3 is 2.58 bits per heavy atom. The lowest BCUT2D eigenvalue weighted by atomic mass is 10.2. The molecular weight excluding hydrogens is 246 g/mol. The van der Waals surface area contributed by atoms with Gasteiger partial charge in [-0.2, -0.15) is 0 Å². The summed E-state index contributed by atoms with van der Waals surface area (Å²) in [7, 11) is 1.42. The van der Waals surface area contributed by atoms with Crippen molar-refractivity contribution in [3.05, 3.63) is 41.7 Å². The van der Waals surface area contributed by atoms with Crippen molar-refractivity contribution >= 4 is 17.6 Å². The number of anilines is 2. The van der Waals surface area contributed by atoms with E-state index < -0.39 is 5.97 Å². The number of ether oxygens (including phenoxy) is 1. The number of carbonyl (C=O) groups is 1. The molecule has 0 saturated carbocycles. The molecule has 6 heteroatoms. The summed E-state index contributed by atoms with van der Waals surface area (Å²) in [5.74, 6) is -0.310. The molecule has 0 unspecified atom stereocenters. The van der Waals surface area contributed by atoms with E-state index in [4.69, 9.17) is 9.84 Å². The van der Waals surface area contributed by atoms with Crippen LogP contribution < -0.4 is 10.1 Å². The van der Waals surface area contributed by atoms with Crippen LogP contribution in [0.25, 0.3) is 0 Å². The third-order valence-electron chi connectivity index (χ3n) is 2.47. The SMILES string of the molecule is COc1cc(Nc2ncc(C)cn2)ccc1C(=O)O. The lowest BCUT2D eigenvalue weighted by Gasteiger charge is -2.09. The van der Waals surface area contributed by atoms with Crippen LogP contribution in [-0.2, 0) is 0 Å². The fourth-order valence-electron chi connectivity index (χ4n) is 1.53. The number of methoxy groups -OCH3 is 1. The molecule has 0 amide bonds. The number of hydrogen-bond donors (Lipinski definition) is 2. The number of hydrogen-bond acceptors (Lipinski definition) is 5. The highest BCUT2D eigenvalue weighted by atomic mass is 16.5. The van der Waals surface area contributed by atoms with Crippen molar-refractivity contribution in [3.63, 3.8) is 0 Å². The molecule has 1 heterocycles. The Morgan fingerprint density at radius 1 is 1.32 bits per heavy atom. The Morgan fingerprint density at radius 2 is 2.00 bits per heavy atom. The number of nitrogens with zero attached hydrogens (tertiary/aromatic N) is 2. The summed E-state index contributed by atoms with van der Waals surface area (Å²) in [5, 5.41) is 12.0. The number of rotatable bonds is 4. The highest BCUT2D eigenvalue weighted by Gasteiger charge is 2.11. The van der Waals surface area contributed by atoms with E-state index in [2.05, 4.69) is 15.3 Å². The number of carboxylic acids is 1. The molecule has 2 N–H and O–H groups in total. The number of aromatic carboxylic acids is 1. The van der Waals surface area contributed by atoms with Gasteiger partial charge in [0.15, 0.2) is 0 Å². The zero-order chi connectivity index (χ0) is 13.8. The van der Waals surface area contributed by atoms with Crippen molar-refractivity contribution in [3.8, 4) is 5.75 Å². The molecule has 0 saturated heterocycles. The second kappa shape index (κ2) is 5.34. The summed E-state index contributed by atoms with van der Waals surface area (Å²) in [6, 6.07) is 4.69. The summed E-state index contributed by atoms with van der Waals surface area (Å²) in [5.41, 5.74) is 1.73. The van der Waals surface area contributed by atoms with E-state index >= 15 is 0 Å². The third-order valence-corrected chi connectivity index (χ3v) is 2.47. The van der Waals surface area contributed by atoms with Gasteiger partial charge in [-0.3, -0.25) is 0 Å². The van der Waals surface area contributed by atoms with Gasteiger partial charge in [0.1, 0.15) is 11.3 Å². The second-order valence-electron chi connectivity index (χ2n) is 3.93. The molecule has 98 valence electrons. The van der Waals surface area contributed by atoms with Crippen molar-refractivity contribution in [1.29, 1.82) is 0 Å². The monoisotopic (exact) mass is 259 g/mol. The number of aryl methyl sites for hydroxylation is 1. The summed E-state index contributed by atoms with van der Waals surface area (Å²) < 4.78 is 5.04. The molecule has 0 spiro atoms. The van der Waals surface area contributed by atoms with Crippen LogP contribution in [0.3, 0.4) is 0 Å². The number of carboxylic acid groups (broad SMARTS) is 1. The first kappa shape index (κ1) is 12.8. The van der Waals surface area contributed by atoms with Crippen LogP contribution in [0.1, 0.15) is 15.9 Å². The molecule has 0 radical (unpaired) electrons. The summed E-state index contributed by atoms with van der Waals surface area (Å²) >= 11 is 0. The zero-order valence-corrected chi connectivity index (χ0v) is 10.5. The predicted molar refractivity (Wildman–Crippen MR) is 70.0 cm³/mol. The van der Waals surface area contributed by atoms with Crippen LogP contribution in [-0.4, -0.2) is 28.2 Å². The average Bonchev–Trinajstić information content (AvgIpc) is 2.41. The highest BCUT2D eigenvalue weighted by molar-refractivity contribution is 5.91. The summed E-state index contributed by atoms with van der Waals surface area (Å²) in [4.78, 5) is 19.2. The van der Waals surface area contributed by atoms with Crippen molar-refractivity contribution < 1.29 is 14.6 Å². The molecule has 2 aromatic rings. The van der Waals surface area contributed by atoms with Gasteiger partial charge in [0.25, 0.3) is 0 Å². The van der Waals surface area contributed by atoms with Gasteiger partial charge in [-0.1, -0.05) is 0 Å². The van der Waals surface area contributed by atoms with E-state index in [1.165, 1.54) is 13.2 Å². The Bertz CT molecular complexity index is 597. The lowest BCUT2D eigenvalue weighted by molar-refractivity contribution is 0.0693. The lowest BCUT2D eigenvalue weighted by Crippen LogP contribution is -2.02. The third kappa shape index (κ3) is 2.98. The van der Waals surface area contributed by atoms with Gasteiger partial charge in [0, 0.05) is 24.1 Å². The average molecular weight is 259 g/mol. The minimum atomic E-state index is -1.03. The molecule has 2 rings (SSSR count). The molecule has 1 aromatic carbocycles. The topological polar surface area (TPSA) is 84.3 Å². The molecule has 0 aliphatic heterocycles. The Balaban J connectivity index is 2.26. The molecule has 6 nitrogen and oxygen atoms in total. The first-order valence-electron chi connectivity index (χ1n) is 5.57. The van der Waals surface area contributed by atoms with Gasteiger partial charge in [-0.05, 0) is 24.6 Å². The quantitative estimate of drug-likeness (QED) is 0.875. The molecule has 1 aromatic heterocycles. The molecule has 0 atom stereocenters. The Labute approximate surface area is 110 Å². The molecule has 0 aliphatic rings. The molecule has 0 aliphatic carbocycles. The van der Waals surface area contributed by atoms with E-state index in [1.807, 2.05) is 6.92 Å². The van der Waals surface area contributed by atoms with Crippen molar-refractivity contribution in [2.45, 2.75) is 6.92 Å². The van der Waals surface area contributed by atoms with Gasteiger partial charge in [-0.15, -0.1) is 0 Å². The maximum atomic E-state index is 11.0. The predicted octanol–water partition coefficient (Wildman–Crippen LogP) is 2.24. The van der Waals surface area contributed by atoms with Crippen molar-refractivity contribution in [2.75, 3.05) is 12.4 Å². The number of aromatic nitrogens is 2. The second-order valence-corrected chi connectivity index (χ2v) is 3.93. The van der Waals surface area contributed by atoms with Gasteiger partial charge < -0.3 is 15.2 Å². The Kier molecular flexibility index (Phi) is 3.61. The smallest absolute Gasteiger partial charge is 0.339 e. The summed E-state index contributed by atoms with van der Waals surface area (Å²) in [6.07, 6.45) is 3.39. The van der Waals surface area contributed by atoms with Crippen LogP contribution in [0.15, 0.2) is 30.6 Å². The van der Waals surface area contributed by atoms with Crippen LogP contribution >= 0.6 is 0 Å². The van der Waals surface area contributed by atoms with E-state index in [9.17, 15) is 4.79 Å². The fraction of sp³-hybridized carbons (Fsp3) is 0.154. The van der Waals surface area contributed by atoms with E-state index in [0.29, 0.717) is 11.6 Å². The largest absolute Gasteiger partial charge is 0.496 e. The maximum Gasteiger partial charge on any atom is 0.339 e. The first-order valence-corrected chi connectivity index (χ1v) is 5.57. The van der Waals surface area contributed by atoms with Gasteiger partial charge >= 0.3 is 5.97 Å². The minimum Gasteiger partial charge on any atom is -0.496 e. The van der Waals surface area contributed by atoms with Gasteiger partial charge in [0.2, 0.25) is 5.95 Å². The molecular formula is C13H13N3O3. The van der Waals surface area contributed by atoms with E-state index in [-0.39, 0.29) is 11.3 Å². The number of nitrogens with one attached hydrogen (secondary N) is 1. The Hall–Kier alpha value is -2.63. The fourth-order valence-corrected chi connectivity index (χ4v) is 1.53. The first-order chi connectivity index (χ1) is 9.10. The van der Waals surface area contributed by atoms with Crippen molar-refractivity contribution in [1.82, 2.24) is 9.97 Å². The van der Waals surface area contributed by atoms with Crippen LogP contribution in [0.4, 0.5) is 11.6 Å². The van der Waals surface area contributed by atoms with E-state index in [1.54, 1.807) is 24.5 Å². The van der Waals surface area contributed by atoms with Gasteiger partial charge in [0.05, 0.1) is 7.11 Å². The maximum absolute atomic E-state index is 11.0.